The minimum absolute atomic E-state index is 0.307. The number of halogens is 2. The van der Waals surface area contributed by atoms with Gasteiger partial charge in [-0.2, -0.15) is 0 Å². The number of ether oxygens (including phenoxy) is 1. The third-order valence-electron chi connectivity index (χ3n) is 3.11. The molecule has 1 saturated heterocycles. The van der Waals surface area contributed by atoms with E-state index in [-0.39, 0.29) is 5.82 Å². The van der Waals surface area contributed by atoms with Crippen molar-refractivity contribution in [1.82, 2.24) is 0 Å². The Kier molecular flexibility index (Phi) is 4.24. The Bertz CT molecular complexity index is 386. The summed E-state index contributed by atoms with van der Waals surface area (Å²) in [6.45, 7) is 2.90. The van der Waals surface area contributed by atoms with Crippen molar-refractivity contribution in [2.45, 2.75) is 38.3 Å². The quantitative estimate of drug-likeness (QED) is 0.888. The lowest BCUT2D eigenvalue weighted by atomic mass is 10.0. The Morgan fingerprint density at radius 1 is 1.53 bits per heavy atom. The molecule has 17 heavy (non-hydrogen) atoms. The lowest BCUT2D eigenvalue weighted by molar-refractivity contribution is 0.00925. The molecule has 0 amide bonds. The molecule has 0 saturated carbocycles. The van der Waals surface area contributed by atoms with Gasteiger partial charge in [-0.15, -0.1) is 0 Å². The van der Waals surface area contributed by atoms with Crippen molar-refractivity contribution in [2.75, 3.05) is 11.9 Å². The summed E-state index contributed by atoms with van der Waals surface area (Å²) in [5, 5.41) is 3.80. The van der Waals surface area contributed by atoms with E-state index in [1.165, 1.54) is 12.1 Å². The first-order chi connectivity index (χ1) is 8.19. The van der Waals surface area contributed by atoms with Crippen LogP contribution < -0.4 is 5.32 Å². The predicted molar refractivity (Wildman–Crippen MR) is 68.1 cm³/mol. The van der Waals surface area contributed by atoms with Gasteiger partial charge >= 0.3 is 0 Å². The Morgan fingerprint density at radius 3 is 3.06 bits per heavy atom. The second-order valence-electron chi connectivity index (χ2n) is 4.39. The fourth-order valence-corrected chi connectivity index (χ4v) is 2.34. The maximum absolute atomic E-state index is 12.9. The second kappa shape index (κ2) is 5.69. The standard InChI is InChI=1S/C13H17ClFNO/c1-2-11-8-10(5-6-17-11)16-13-4-3-9(15)7-12(13)14/h3-4,7,10-11,16H,2,5-6,8H2,1H3. The van der Waals surface area contributed by atoms with E-state index in [4.69, 9.17) is 16.3 Å². The predicted octanol–water partition coefficient (Wildman–Crippen LogP) is 3.85. The molecule has 1 aromatic rings. The van der Waals surface area contributed by atoms with Gasteiger partial charge in [0.05, 0.1) is 16.8 Å². The molecule has 1 fully saturated rings. The zero-order valence-electron chi connectivity index (χ0n) is 9.88. The molecular formula is C13H17ClFNO. The van der Waals surface area contributed by atoms with Gasteiger partial charge in [0.2, 0.25) is 0 Å². The normalized spacial score (nSPS) is 24.6. The third-order valence-corrected chi connectivity index (χ3v) is 3.43. The molecule has 1 N–H and O–H groups in total. The molecule has 2 nitrogen and oxygen atoms in total. The SMILES string of the molecule is CCC1CC(Nc2ccc(F)cc2Cl)CCO1. The van der Waals surface area contributed by atoms with Gasteiger partial charge in [-0.1, -0.05) is 18.5 Å². The lowest BCUT2D eigenvalue weighted by Gasteiger charge is -2.30. The first kappa shape index (κ1) is 12.7. The second-order valence-corrected chi connectivity index (χ2v) is 4.80. The number of hydrogen-bond acceptors (Lipinski definition) is 2. The average molecular weight is 258 g/mol. The largest absolute Gasteiger partial charge is 0.381 e. The van der Waals surface area contributed by atoms with Crippen LogP contribution in [0.15, 0.2) is 18.2 Å². The highest BCUT2D eigenvalue weighted by Crippen LogP contribution is 2.26. The van der Waals surface area contributed by atoms with E-state index in [9.17, 15) is 4.39 Å². The third kappa shape index (κ3) is 3.33. The first-order valence-corrected chi connectivity index (χ1v) is 6.40. The summed E-state index contributed by atoms with van der Waals surface area (Å²) in [6.07, 6.45) is 3.28. The molecule has 94 valence electrons. The molecule has 0 radical (unpaired) electrons. The van der Waals surface area contributed by atoms with Gasteiger partial charge in [-0.25, -0.2) is 4.39 Å². The highest BCUT2D eigenvalue weighted by atomic mass is 35.5. The van der Waals surface area contributed by atoms with Crippen LogP contribution in [0.2, 0.25) is 5.02 Å². The van der Waals surface area contributed by atoms with Crippen molar-refractivity contribution < 1.29 is 9.13 Å². The fraction of sp³-hybridized carbons (Fsp3) is 0.538. The summed E-state index contributed by atoms with van der Waals surface area (Å²) in [4.78, 5) is 0. The number of hydrogen-bond donors (Lipinski definition) is 1. The fourth-order valence-electron chi connectivity index (χ4n) is 2.12. The van der Waals surface area contributed by atoms with Gasteiger partial charge in [0, 0.05) is 12.6 Å². The number of nitrogens with one attached hydrogen (secondary N) is 1. The molecule has 0 bridgehead atoms. The monoisotopic (exact) mass is 257 g/mol. The van der Waals surface area contributed by atoms with Crippen molar-refractivity contribution >= 4 is 17.3 Å². The van der Waals surface area contributed by atoms with Gasteiger partial charge in [-0.3, -0.25) is 0 Å². The van der Waals surface area contributed by atoms with E-state index in [1.807, 2.05) is 0 Å². The summed E-state index contributed by atoms with van der Waals surface area (Å²) in [6, 6.07) is 4.80. The topological polar surface area (TPSA) is 21.3 Å². The minimum atomic E-state index is -0.307. The van der Waals surface area contributed by atoms with Gasteiger partial charge in [0.1, 0.15) is 5.82 Å². The zero-order chi connectivity index (χ0) is 12.3. The molecule has 2 atom stereocenters. The summed E-state index contributed by atoms with van der Waals surface area (Å²) in [5.74, 6) is -0.307. The summed E-state index contributed by atoms with van der Waals surface area (Å²) in [5.41, 5.74) is 0.801. The van der Waals surface area contributed by atoms with Crippen LogP contribution in [0.4, 0.5) is 10.1 Å². The van der Waals surface area contributed by atoms with Crippen molar-refractivity contribution in [3.63, 3.8) is 0 Å². The van der Waals surface area contributed by atoms with Gasteiger partial charge in [0.25, 0.3) is 0 Å². The molecule has 2 rings (SSSR count). The van der Waals surface area contributed by atoms with Crippen LogP contribution in [0, 0.1) is 5.82 Å². The van der Waals surface area contributed by atoms with Gasteiger partial charge in [0.15, 0.2) is 0 Å². The van der Waals surface area contributed by atoms with E-state index >= 15 is 0 Å². The van der Waals surface area contributed by atoms with Gasteiger partial charge in [-0.05, 0) is 37.5 Å². The van der Waals surface area contributed by atoms with Crippen molar-refractivity contribution in [3.05, 3.63) is 29.0 Å². The van der Waals surface area contributed by atoms with Crippen LogP contribution in [0.1, 0.15) is 26.2 Å². The Morgan fingerprint density at radius 2 is 2.35 bits per heavy atom. The van der Waals surface area contributed by atoms with Crippen molar-refractivity contribution in [1.29, 1.82) is 0 Å². The molecule has 1 aliphatic heterocycles. The Hall–Kier alpha value is -0.800. The molecule has 0 spiro atoms. The molecule has 1 aromatic carbocycles. The number of anilines is 1. The van der Waals surface area contributed by atoms with Crippen LogP contribution in [0.25, 0.3) is 0 Å². The van der Waals surface area contributed by atoms with Crippen LogP contribution >= 0.6 is 11.6 Å². The summed E-state index contributed by atoms with van der Waals surface area (Å²) >= 11 is 5.99. The Labute approximate surface area is 106 Å². The zero-order valence-corrected chi connectivity index (χ0v) is 10.6. The number of rotatable bonds is 3. The van der Waals surface area contributed by atoms with Crippen molar-refractivity contribution in [2.24, 2.45) is 0 Å². The van der Waals surface area contributed by atoms with Crippen LogP contribution in [0.5, 0.6) is 0 Å². The molecular weight excluding hydrogens is 241 g/mol. The molecule has 1 aliphatic rings. The smallest absolute Gasteiger partial charge is 0.124 e. The van der Waals surface area contributed by atoms with E-state index in [0.717, 1.165) is 31.6 Å². The molecule has 0 aromatic heterocycles. The van der Waals surface area contributed by atoms with Crippen molar-refractivity contribution in [3.8, 4) is 0 Å². The molecule has 1 heterocycles. The molecule has 2 unspecified atom stereocenters. The van der Waals surface area contributed by atoms with Gasteiger partial charge < -0.3 is 10.1 Å². The Balaban J connectivity index is 2.00. The lowest BCUT2D eigenvalue weighted by Crippen LogP contribution is -2.33. The van der Waals surface area contributed by atoms with Crippen LogP contribution in [-0.4, -0.2) is 18.8 Å². The molecule has 0 aliphatic carbocycles. The van der Waals surface area contributed by atoms with E-state index < -0.39 is 0 Å². The highest BCUT2D eigenvalue weighted by molar-refractivity contribution is 6.33. The summed E-state index contributed by atoms with van der Waals surface area (Å²) < 4.78 is 18.5. The molecule has 4 heteroatoms. The van der Waals surface area contributed by atoms with E-state index in [0.29, 0.717) is 17.2 Å². The van der Waals surface area contributed by atoms with Crippen LogP contribution in [-0.2, 0) is 4.74 Å². The maximum Gasteiger partial charge on any atom is 0.124 e. The average Bonchev–Trinajstić information content (AvgIpc) is 2.33. The van der Waals surface area contributed by atoms with E-state index in [1.54, 1.807) is 6.07 Å². The van der Waals surface area contributed by atoms with E-state index in [2.05, 4.69) is 12.2 Å². The van der Waals surface area contributed by atoms with Crippen LogP contribution in [0.3, 0.4) is 0 Å². The maximum atomic E-state index is 12.9. The highest BCUT2D eigenvalue weighted by Gasteiger charge is 2.21. The summed E-state index contributed by atoms with van der Waals surface area (Å²) in [7, 11) is 0. The minimum Gasteiger partial charge on any atom is -0.381 e. The number of benzene rings is 1. The first-order valence-electron chi connectivity index (χ1n) is 6.02.